The third-order valence-corrected chi connectivity index (χ3v) is 5.16. The molecule has 3 rings (SSSR count). The first-order valence-electron chi connectivity index (χ1n) is 7.33. The summed E-state index contributed by atoms with van der Waals surface area (Å²) < 4.78 is 39.0. The van der Waals surface area contributed by atoms with Crippen LogP contribution < -0.4 is 10.9 Å². The van der Waals surface area contributed by atoms with Crippen LogP contribution in [0, 0.1) is 6.92 Å². The second-order valence-electron chi connectivity index (χ2n) is 5.35. The van der Waals surface area contributed by atoms with E-state index in [0.29, 0.717) is 16.9 Å². The van der Waals surface area contributed by atoms with E-state index >= 15 is 0 Å². The summed E-state index contributed by atoms with van der Waals surface area (Å²) >= 11 is 2.76. The molecule has 0 aliphatic heterocycles. The zero-order valence-corrected chi connectivity index (χ0v) is 15.0. The average Bonchev–Trinajstić information content (AvgIpc) is 3.17. The van der Waals surface area contributed by atoms with Gasteiger partial charge in [-0.3, -0.25) is 9.59 Å². The summed E-state index contributed by atoms with van der Waals surface area (Å²) in [5.74, 6) is -0.630. The molecule has 0 aliphatic rings. The van der Waals surface area contributed by atoms with Gasteiger partial charge >= 0.3 is 6.18 Å². The van der Waals surface area contributed by atoms with E-state index in [-0.39, 0.29) is 0 Å². The zero-order chi connectivity index (χ0) is 18.9. The maximum atomic E-state index is 12.8. The monoisotopic (exact) mass is 399 g/mol. The topological polar surface area (TPSA) is 64.0 Å². The van der Waals surface area contributed by atoms with E-state index in [1.54, 1.807) is 16.7 Å². The minimum absolute atomic E-state index is 0.316. The van der Waals surface area contributed by atoms with E-state index in [2.05, 4.69) is 10.3 Å². The lowest BCUT2D eigenvalue weighted by Crippen LogP contribution is -2.31. The molecule has 0 fully saturated rings. The summed E-state index contributed by atoms with van der Waals surface area (Å²) in [6.07, 6.45) is -3.63. The highest BCUT2D eigenvalue weighted by atomic mass is 32.1. The Labute approximate surface area is 153 Å². The number of nitrogens with zero attached hydrogens (tertiary/aromatic N) is 2. The van der Waals surface area contributed by atoms with Crippen molar-refractivity contribution in [2.24, 2.45) is 0 Å². The van der Waals surface area contributed by atoms with Gasteiger partial charge in [0.2, 0.25) is 5.91 Å². The lowest BCUT2D eigenvalue weighted by molar-refractivity contribution is -0.139. The molecule has 3 aromatic heterocycles. The van der Waals surface area contributed by atoms with Crippen LogP contribution in [0.5, 0.6) is 0 Å². The molecule has 0 unspecified atom stereocenters. The van der Waals surface area contributed by atoms with Crippen molar-refractivity contribution in [2.75, 3.05) is 5.32 Å². The van der Waals surface area contributed by atoms with Crippen LogP contribution in [0.4, 0.5) is 18.3 Å². The van der Waals surface area contributed by atoms with Gasteiger partial charge in [-0.2, -0.15) is 13.2 Å². The van der Waals surface area contributed by atoms with Crippen molar-refractivity contribution in [3.05, 3.63) is 56.6 Å². The molecule has 0 spiro atoms. The summed E-state index contributed by atoms with van der Waals surface area (Å²) in [4.78, 5) is 30.3. The van der Waals surface area contributed by atoms with Crippen LogP contribution >= 0.6 is 22.7 Å². The van der Waals surface area contributed by atoms with Crippen LogP contribution in [0.15, 0.2) is 40.6 Å². The summed E-state index contributed by atoms with van der Waals surface area (Å²) in [6.45, 7) is 1.44. The van der Waals surface area contributed by atoms with Gasteiger partial charge in [-0.15, -0.1) is 22.7 Å². The minimum atomic E-state index is -4.76. The van der Waals surface area contributed by atoms with E-state index in [0.717, 1.165) is 26.6 Å². The lowest BCUT2D eigenvalue weighted by Gasteiger charge is -2.09. The molecule has 0 radical (unpaired) electrons. The van der Waals surface area contributed by atoms with Gasteiger partial charge in [0, 0.05) is 16.5 Å². The largest absolute Gasteiger partial charge is 0.421 e. The van der Waals surface area contributed by atoms with Gasteiger partial charge in [-0.05, 0) is 31.2 Å². The Morgan fingerprint density at radius 2 is 2.08 bits per heavy atom. The van der Waals surface area contributed by atoms with Gasteiger partial charge in [0.1, 0.15) is 12.1 Å². The standard InChI is InChI=1S/C16H12F3N3O2S2/c1-9-4-5-12(26-9)11-8-25-15(20-11)21-13(23)7-22-6-2-3-10(14(22)24)16(17,18)19/h2-6,8H,7H2,1H3,(H,20,21,23). The SMILES string of the molecule is Cc1ccc(-c2csc(NC(=O)Cn3cccc(C(F)(F)F)c3=O)n2)s1. The maximum absolute atomic E-state index is 12.8. The van der Waals surface area contributed by atoms with Crippen molar-refractivity contribution in [2.45, 2.75) is 19.6 Å². The fraction of sp³-hybridized carbons (Fsp3) is 0.188. The highest BCUT2D eigenvalue weighted by Gasteiger charge is 2.34. The number of pyridine rings is 1. The number of aromatic nitrogens is 2. The molecular formula is C16H12F3N3O2S2. The number of carbonyl (C=O) groups excluding carboxylic acids is 1. The first kappa shape index (κ1) is 18.3. The fourth-order valence-electron chi connectivity index (χ4n) is 2.21. The Morgan fingerprint density at radius 1 is 1.31 bits per heavy atom. The Hall–Kier alpha value is -2.46. The Kier molecular flexibility index (Phi) is 4.97. The fourth-order valence-corrected chi connectivity index (χ4v) is 3.84. The normalized spacial score (nSPS) is 11.5. The lowest BCUT2D eigenvalue weighted by atomic mass is 10.2. The third-order valence-electron chi connectivity index (χ3n) is 3.38. The van der Waals surface area contributed by atoms with Gasteiger partial charge in [-0.1, -0.05) is 0 Å². The van der Waals surface area contributed by atoms with E-state index in [1.807, 2.05) is 19.1 Å². The van der Waals surface area contributed by atoms with Gasteiger partial charge in [0.15, 0.2) is 5.13 Å². The van der Waals surface area contributed by atoms with Crippen molar-refractivity contribution in [3.63, 3.8) is 0 Å². The summed E-state index contributed by atoms with van der Waals surface area (Å²) in [5, 5.41) is 4.60. The second kappa shape index (κ2) is 7.04. The number of aryl methyl sites for hydroxylation is 1. The number of nitrogens with one attached hydrogen (secondary N) is 1. The van der Waals surface area contributed by atoms with Gasteiger partial charge < -0.3 is 9.88 Å². The first-order chi connectivity index (χ1) is 12.2. The molecule has 0 aromatic carbocycles. The smallest absolute Gasteiger partial charge is 0.306 e. The van der Waals surface area contributed by atoms with E-state index < -0.39 is 29.8 Å². The van der Waals surface area contributed by atoms with Crippen molar-refractivity contribution in [1.29, 1.82) is 0 Å². The maximum Gasteiger partial charge on any atom is 0.421 e. The predicted octanol–water partition coefficient (Wildman–Crippen LogP) is 4.00. The summed E-state index contributed by atoms with van der Waals surface area (Å²) in [6, 6.07) is 5.64. The molecule has 0 saturated heterocycles. The molecule has 0 atom stereocenters. The summed E-state index contributed by atoms with van der Waals surface area (Å²) in [5.41, 5.74) is -1.86. The molecule has 0 saturated carbocycles. The molecule has 26 heavy (non-hydrogen) atoms. The van der Waals surface area contributed by atoms with E-state index in [9.17, 15) is 22.8 Å². The third kappa shape index (κ3) is 4.02. The van der Waals surface area contributed by atoms with Crippen LogP contribution in [-0.2, 0) is 17.5 Å². The van der Waals surface area contributed by atoms with Crippen LogP contribution in [-0.4, -0.2) is 15.5 Å². The number of halogens is 3. The van der Waals surface area contributed by atoms with Gasteiger partial charge in [-0.25, -0.2) is 4.98 Å². The Balaban J connectivity index is 1.72. The first-order valence-corrected chi connectivity index (χ1v) is 9.02. The number of alkyl halides is 3. The zero-order valence-electron chi connectivity index (χ0n) is 13.3. The number of thiazole rings is 1. The highest BCUT2D eigenvalue weighted by molar-refractivity contribution is 7.17. The van der Waals surface area contributed by atoms with Crippen molar-refractivity contribution >= 4 is 33.7 Å². The number of rotatable bonds is 4. The van der Waals surface area contributed by atoms with Crippen LogP contribution in [0.2, 0.25) is 0 Å². The van der Waals surface area contributed by atoms with E-state index in [4.69, 9.17) is 0 Å². The Bertz CT molecular complexity index is 1000. The molecule has 3 aromatic rings. The van der Waals surface area contributed by atoms with Crippen LogP contribution in [0.1, 0.15) is 10.4 Å². The summed E-state index contributed by atoms with van der Waals surface area (Å²) in [7, 11) is 0. The minimum Gasteiger partial charge on any atom is -0.306 e. The number of carbonyl (C=O) groups is 1. The van der Waals surface area contributed by atoms with Gasteiger partial charge in [0.25, 0.3) is 5.56 Å². The molecular weight excluding hydrogens is 387 g/mol. The van der Waals surface area contributed by atoms with Crippen molar-refractivity contribution in [1.82, 2.24) is 9.55 Å². The predicted molar refractivity (Wildman–Crippen MR) is 94.5 cm³/mol. The van der Waals surface area contributed by atoms with Crippen LogP contribution in [0.25, 0.3) is 10.6 Å². The molecule has 0 aliphatic carbocycles. The highest BCUT2D eigenvalue weighted by Crippen LogP contribution is 2.30. The number of hydrogen-bond donors (Lipinski definition) is 1. The molecule has 3 heterocycles. The van der Waals surface area contributed by atoms with Gasteiger partial charge in [0.05, 0.1) is 10.6 Å². The average molecular weight is 399 g/mol. The number of amides is 1. The number of anilines is 1. The van der Waals surface area contributed by atoms with Crippen molar-refractivity contribution in [3.8, 4) is 10.6 Å². The number of hydrogen-bond acceptors (Lipinski definition) is 5. The van der Waals surface area contributed by atoms with Crippen molar-refractivity contribution < 1.29 is 18.0 Å². The second-order valence-corrected chi connectivity index (χ2v) is 7.50. The number of thiophene rings is 1. The molecule has 1 N–H and O–H groups in total. The Morgan fingerprint density at radius 3 is 2.73 bits per heavy atom. The quantitative estimate of drug-likeness (QED) is 0.721. The van der Waals surface area contributed by atoms with Crippen LogP contribution in [0.3, 0.4) is 0 Å². The van der Waals surface area contributed by atoms with E-state index in [1.165, 1.54) is 11.3 Å². The molecule has 136 valence electrons. The molecule has 1 amide bonds. The molecule has 0 bridgehead atoms. The molecule has 5 nitrogen and oxygen atoms in total. The molecule has 10 heteroatoms.